The number of carbonyl (C=O) groups excluding carboxylic acids is 2. The summed E-state index contributed by atoms with van der Waals surface area (Å²) in [5.41, 5.74) is 3.36. The van der Waals surface area contributed by atoms with E-state index in [9.17, 15) is 9.59 Å². The number of benzene rings is 2. The van der Waals surface area contributed by atoms with E-state index in [2.05, 4.69) is 36.5 Å². The summed E-state index contributed by atoms with van der Waals surface area (Å²) in [6.07, 6.45) is 5.21. The van der Waals surface area contributed by atoms with E-state index in [0.717, 1.165) is 49.4 Å². The van der Waals surface area contributed by atoms with Gasteiger partial charge in [0.25, 0.3) is 0 Å². The normalized spacial score (nSPS) is 24.1. The lowest BCUT2D eigenvalue weighted by Gasteiger charge is -2.35. The summed E-state index contributed by atoms with van der Waals surface area (Å²) in [4.78, 5) is 27.4. The van der Waals surface area contributed by atoms with Crippen molar-refractivity contribution in [2.24, 2.45) is 0 Å². The molecule has 5 rings (SSSR count). The molecular weight excluding hydrogens is 416 g/mol. The maximum Gasteiger partial charge on any atom is 0.231 e. The lowest BCUT2D eigenvalue weighted by Crippen LogP contribution is -2.45. The van der Waals surface area contributed by atoms with Crippen molar-refractivity contribution >= 4 is 11.8 Å². The lowest BCUT2D eigenvalue weighted by molar-refractivity contribution is -0.133. The summed E-state index contributed by atoms with van der Waals surface area (Å²) in [6.45, 7) is 4.00. The van der Waals surface area contributed by atoms with Crippen molar-refractivity contribution in [3.63, 3.8) is 0 Å². The van der Waals surface area contributed by atoms with Gasteiger partial charge in [-0.3, -0.25) is 9.59 Å². The van der Waals surface area contributed by atoms with Crippen molar-refractivity contribution in [2.45, 2.75) is 63.3 Å². The van der Waals surface area contributed by atoms with Gasteiger partial charge in [-0.05, 0) is 67.9 Å². The van der Waals surface area contributed by atoms with E-state index in [1.54, 1.807) is 0 Å². The zero-order valence-corrected chi connectivity index (χ0v) is 19.3. The molecule has 0 aromatic heterocycles. The fourth-order valence-corrected chi connectivity index (χ4v) is 5.63. The minimum Gasteiger partial charge on any atom is -0.454 e. The monoisotopic (exact) mass is 448 g/mol. The van der Waals surface area contributed by atoms with Crippen LogP contribution in [-0.4, -0.2) is 42.1 Å². The summed E-state index contributed by atoms with van der Waals surface area (Å²) in [5.74, 6) is 2.17. The third-order valence-electron chi connectivity index (χ3n) is 7.43. The number of likely N-dealkylation sites (tertiary alicyclic amines) is 1. The minimum absolute atomic E-state index is 0.0702. The molecule has 2 amide bonds. The molecule has 0 spiro atoms. The molecule has 2 atom stereocenters. The van der Waals surface area contributed by atoms with Gasteiger partial charge < -0.3 is 19.7 Å². The average Bonchev–Trinajstić information content (AvgIpc) is 3.44. The first-order chi connectivity index (χ1) is 16.0. The van der Waals surface area contributed by atoms with Gasteiger partial charge in [-0.1, -0.05) is 30.3 Å². The molecule has 2 saturated heterocycles. The highest BCUT2D eigenvalue weighted by Crippen LogP contribution is 2.36. The Morgan fingerprint density at radius 3 is 2.85 bits per heavy atom. The molecule has 2 aromatic rings. The molecule has 0 bridgehead atoms. The van der Waals surface area contributed by atoms with Gasteiger partial charge in [0, 0.05) is 37.4 Å². The van der Waals surface area contributed by atoms with E-state index >= 15 is 0 Å². The Bertz CT molecular complexity index is 1050. The van der Waals surface area contributed by atoms with Crippen LogP contribution in [0.2, 0.25) is 0 Å². The van der Waals surface area contributed by atoms with Crippen molar-refractivity contribution in [1.29, 1.82) is 0 Å². The van der Waals surface area contributed by atoms with Crippen LogP contribution < -0.4 is 14.8 Å². The second-order valence-corrected chi connectivity index (χ2v) is 9.73. The number of amides is 2. The number of hydrogen-bond acceptors (Lipinski definition) is 4. The summed E-state index contributed by atoms with van der Waals surface area (Å²) in [5, 5.41) is 3.20. The van der Waals surface area contributed by atoms with Crippen molar-refractivity contribution in [3.05, 3.63) is 59.2 Å². The molecule has 6 heteroatoms. The number of rotatable bonds is 6. The first kappa shape index (κ1) is 21.8. The van der Waals surface area contributed by atoms with Crippen LogP contribution in [0.15, 0.2) is 42.5 Å². The number of ether oxygens (including phenoxy) is 2. The second-order valence-electron chi connectivity index (χ2n) is 9.73. The predicted octanol–water partition coefficient (Wildman–Crippen LogP) is 4.10. The Labute approximate surface area is 195 Å². The van der Waals surface area contributed by atoms with Crippen LogP contribution in [0.1, 0.15) is 61.1 Å². The van der Waals surface area contributed by atoms with Gasteiger partial charge in [-0.25, -0.2) is 0 Å². The number of nitrogens with zero attached hydrogens (tertiary/aromatic N) is 1. The molecule has 0 aliphatic carbocycles. The number of piperidine rings is 1. The first-order valence-electron chi connectivity index (χ1n) is 12.0. The van der Waals surface area contributed by atoms with Crippen LogP contribution in [0, 0.1) is 6.92 Å². The van der Waals surface area contributed by atoms with E-state index in [1.165, 1.54) is 11.1 Å². The van der Waals surface area contributed by atoms with Crippen molar-refractivity contribution in [2.75, 3.05) is 19.9 Å². The standard InChI is InChI=1S/C27H32N2O4/c1-19-5-2-3-7-22(19)21-6-4-14-29(17-21)26(31)11-13-27(12-10-25(30)28-27)16-20-8-9-23-24(15-20)33-18-32-23/h2-3,5,7-9,15,21H,4,6,10-14,16-18H2,1H3,(H,28,30)/t21-,27-/m1/s1. The van der Waals surface area contributed by atoms with Crippen LogP contribution in [0.3, 0.4) is 0 Å². The Balaban J connectivity index is 1.24. The average molecular weight is 449 g/mol. The number of aryl methyl sites for hydroxylation is 1. The third kappa shape index (κ3) is 4.70. The third-order valence-corrected chi connectivity index (χ3v) is 7.43. The first-order valence-corrected chi connectivity index (χ1v) is 12.0. The molecule has 33 heavy (non-hydrogen) atoms. The molecular formula is C27H32N2O4. The number of nitrogens with one attached hydrogen (secondary N) is 1. The molecule has 3 aliphatic heterocycles. The molecule has 2 fully saturated rings. The molecule has 0 unspecified atom stereocenters. The highest BCUT2D eigenvalue weighted by atomic mass is 16.7. The lowest BCUT2D eigenvalue weighted by atomic mass is 9.84. The van der Waals surface area contributed by atoms with E-state index in [1.807, 2.05) is 23.1 Å². The van der Waals surface area contributed by atoms with Gasteiger partial charge in [-0.15, -0.1) is 0 Å². The zero-order chi connectivity index (χ0) is 22.8. The van der Waals surface area contributed by atoms with Crippen LogP contribution in [0.25, 0.3) is 0 Å². The largest absolute Gasteiger partial charge is 0.454 e. The molecule has 6 nitrogen and oxygen atoms in total. The second kappa shape index (κ2) is 9.08. The summed E-state index contributed by atoms with van der Waals surface area (Å²) < 4.78 is 10.9. The van der Waals surface area contributed by atoms with Crippen molar-refractivity contribution in [3.8, 4) is 11.5 Å². The van der Waals surface area contributed by atoms with Crippen LogP contribution in [-0.2, 0) is 16.0 Å². The Morgan fingerprint density at radius 2 is 2.03 bits per heavy atom. The minimum atomic E-state index is -0.383. The molecule has 0 saturated carbocycles. The molecule has 1 N–H and O–H groups in total. The summed E-state index contributed by atoms with van der Waals surface area (Å²) in [7, 11) is 0. The van der Waals surface area contributed by atoms with Crippen LogP contribution in [0.4, 0.5) is 0 Å². The number of carbonyl (C=O) groups is 2. The van der Waals surface area contributed by atoms with Gasteiger partial charge >= 0.3 is 0 Å². The molecule has 3 heterocycles. The fraction of sp³-hybridized carbons (Fsp3) is 0.481. The summed E-state index contributed by atoms with van der Waals surface area (Å²) in [6, 6.07) is 14.5. The molecule has 174 valence electrons. The predicted molar refractivity (Wildman–Crippen MR) is 125 cm³/mol. The Hall–Kier alpha value is -3.02. The smallest absolute Gasteiger partial charge is 0.231 e. The zero-order valence-electron chi connectivity index (χ0n) is 19.3. The Kier molecular flexibility index (Phi) is 6.00. The van der Waals surface area contributed by atoms with E-state index < -0.39 is 0 Å². The topological polar surface area (TPSA) is 67.9 Å². The Morgan fingerprint density at radius 1 is 1.18 bits per heavy atom. The van der Waals surface area contributed by atoms with Crippen LogP contribution >= 0.6 is 0 Å². The fourth-order valence-electron chi connectivity index (χ4n) is 5.63. The highest BCUT2D eigenvalue weighted by Gasteiger charge is 2.39. The number of hydrogen-bond donors (Lipinski definition) is 1. The van der Waals surface area contributed by atoms with E-state index in [-0.39, 0.29) is 24.1 Å². The number of fused-ring (bicyclic) bond motifs is 1. The van der Waals surface area contributed by atoms with Gasteiger partial charge in [0.1, 0.15) is 0 Å². The molecule has 2 aromatic carbocycles. The highest BCUT2D eigenvalue weighted by molar-refractivity contribution is 5.80. The molecule has 0 radical (unpaired) electrons. The van der Waals surface area contributed by atoms with Gasteiger partial charge in [0.15, 0.2) is 11.5 Å². The van der Waals surface area contributed by atoms with E-state index in [4.69, 9.17) is 9.47 Å². The van der Waals surface area contributed by atoms with Gasteiger partial charge in [-0.2, -0.15) is 0 Å². The molecule has 3 aliphatic rings. The van der Waals surface area contributed by atoms with Crippen molar-refractivity contribution in [1.82, 2.24) is 10.2 Å². The van der Waals surface area contributed by atoms with Crippen molar-refractivity contribution < 1.29 is 19.1 Å². The summed E-state index contributed by atoms with van der Waals surface area (Å²) >= 11 is 0. The SMILES string of the molecule is Cc1ccccc1[C@@H]1CCCN(C(=O)CC[C@@]2(Cc3ccc4c(c3)OCO4)CCC(=O)N2)C1. The van der Waals surface area contributed by atoms with Gasteiger partial charge in [0.2, 0.25) is 18.6 Å². The maximum absolute atomic E-state index is 13.2. The van der Waals surface area contributed by atoms with Gasteiger partial charge in [0.05, 0.1) is 0 Å². The quantitative estimate of drug-likeness (QED) is 0.723. The van der Waals surface area contributed by atoms with Crippen LogP contribution in [0.5, 0.6) is 11.5 Å². The maximum atomic E-state index is 13.2. The van der Waals surface area contributed by atoms with E-state index in [0.29, 0.717) is 31.6 Å².